The summed E-state index contributed by atoms with van der Waals surface area (Å²) in [6.07, 6.45) is 4.52. The van der Waals surface area contributed by atoms with Crippen LogP contribution in [-0.4, -0.2) is 53.8 Å². The van der Waals surface area contributed by atoms with E-state index in [1.54, 1.807) is 0 Å². The topological polar surface area (TPSA) is 142 Å². The highest BCUT2D eigenvalue weighted by Crippen LogP contribution is 2.35. The summed E-state index contributed by atoms with van der Waals surface area (Å²) in [5, 5.41) is 5.60. The fourth-order valence-corrected chi connectivity index (χ4v) is 3.74. The number of unbranched alkanes of at least 4 members (excludes halogenated alkanes) is 4. The largest absolute Gasteiger partial charge is 0.373 e. The number of carbonyl (C=O) groups is 4. The summed E-state index contributed by atoms with van der Waals surface area (Å²) in [6.45, 7) is 0.576. The van der Waals surface area contributed by atoms with Crippen molar-refractivity contribution in [1.29, 1.82) is 0 Å². The monoisotopic (exact) mass is 417 g/mol. The number of allylic oxidation sites excluding steroid dienone is 2. The van der Waals surface area contributed by atoms with Crippen LogP contribution in [0.15, 0.2) is 28.9 Å². The van der Waals surface area contributed by atoms with Crippen molar-refractivity contribution in [2.75, 3.05) is 13.2 Å². The number of hydrogen-bond acceptors (Lipinski definition) is 6. The SMILES string of the molecule is [2H]C1=CC=C2C(=O)N(C3CCC(=O)NC3=O)C(=O)C2C1([2H])OCCCCCCCN=[N+]=[N-]. The van der Waals surface area contributed by atoms with Crippen LogP contribution in [0.1, 0.15) is 47.7 Å². The molecule has 3 atom stereocenters. The van der Waals surface area contributed by atoms with Gasteiger partial charge >= 0.3 is 0 Å². The van der Waals surface area contributed by atoms with Crippen molar-refractivity contribution in [3.63, 3.8) is 0 Å². The second-order valence-electron chi connectivity index (χ2n) is 7.28. The lowest BCUT2D eigenvalue weighted by Crippen LogP contribution is -2.54. The van der Waals surface area contributed by atoms with Crippen LogP contribution in [-0.2, 0) is 23.9 Å². The lowest BCUT2D eigenvalue weighted by molar-refractivity contribution is -0.151. The zero-order valence-electron chi connectivity index (χ0n) is 18.5. The Morgan fingerprint density at radius 2 is 2.03 bits per heavy atom. The van der Waals surface area contributed by atoms with Gasteiger partial charge in [-0.15, -0.1) is 0 Å². The van der Waals surface area contributed by atoms with E-state index in [-0.39, 0.29) is 31.1 Å². The maximum Gasteiger partial charge on any atom is 0.258 e. The summed E-state index contributed by atoms with van der Waals surface area (Å²) in [4.78, 5) is 53.2. The molecule has 2 fully saturated rings. The number of azide groups is 1. The van der Waals surface area contributed by atoms with E-state index < -0.39 is 41.7 Å². The van der Waals surface area contributed by atoms with Crippen molar-refractivity contribution in [2.24, 2.45) is 11.0 Å². The van der Waals surface area contributed by atoms with Gasteiger partial charge in [-0.3, -0.25) is 29.4 Å². The minimum Gasteiger partial charge on any atom is -0.373 e. The number of nitrogens with zero attached hydrogens (tertiary/aromatic N) is 4. The Bertz CT molecular complexity index is 929. The van der Waals surface area contributed by atoms with E-state index in [4.69, 9.17) is 13.0 Å². The average molecular weight is 417 g/mol. The number of piperidine rings is 1. The van der Waals surface area contributed by atoms with E-state index in [0.29, 0.717) is 13.0 Å². The highest BCUT2D eigenvalue weighted by atomic mass is 16.5. The van der Waals surface area contributed by atoms with Crippen LogP contribution in [0.4, 0.5) is 0 Å². The van der Waals surface area contributed by atoms with Crippen molar-refractivity contribution >= 4 is 23.6 Å². The molecule has 0 bridgehead atoms. The minimum atomic E-state index is -2.06. The van der Waals surface area contributed by atoms with Gasteiger partial charge in [0.15, 0.2) is 0 Å². The maximum atomic E-state index is 13.2. The summed E-state index contributed by atoms with van der Waals surface area (Å²) in [6, 6.07) is -1.37. The van der Waals surface area contributed by atoms with Crippen molar-refractivity contribution in [1.82, 2.24) is 10.2 Å². The van der Waals surface area contributed by atoms with Crippen LogP contribution in [0, 0.1) is 5.92 Å². The normalized spacial score (nSPS) is 29.4. The second kappa shape index (κ2) is 10.2. The van der Waals surface area contributed by atoms with Gasteiger partial charge in [0.2, 0.25) is 17.7 Å². The third kappa shape index (κ3) is 4.77. The first-order chi connectivity index (χ1) is 15.3. The number of nitrogens with one attached hydrogen (secondary N) is 1. The lowest BCUT2D eigenvalue weighted by atomic mass is 9.91. The van der Waals surface area contributed by atoms with E-state index in [9.17, 15) is 19.2 Å². The number of carbonyl (C=O) groups excluding carboxylic acids is 4. The molecule has 3 rings (SSSR count). The Balaban J connectivity index is 1.63. The molecule has 10 heteroatoms. The molecule has 2 saturated heterocycles. The Kier molecular flexibility index (Phi) is 6.45. The fourth-order valence-electron chi connectivity index (χ4n) is 3.74. The highest BCUT2D eigenvalue weighted by Gasteiger charge is 2.52. The Morgan fingerprint density at radius 3 is 2.80 bits per heavy atom. The van der Waals surface area contributed by atoms with Gasteiger partial charge in [0, 0.05) is 30.1 Å². The van der Waals surface area contributed by atoms with Crippen molar-refractivity contribution in [2.45, 2.75) is 57.1 Å². The fraction of sp³-hybridized carbons (Fsp3) is 0.600. The molecule has 0 spiro atoms. The van der Waals surface area contributed by atoms with E-state index in [2.05, 4.69) is 15.3 Å². The quantitative estimate of drug-likeness (QED) is 0.190. The Hall–Kier alpha value is -2.97. The predicted molar refractivity (Wildman–Crippen MR) is 106 cm³/mol. The van der Waals surface area contributed by atoms with Gasteiger partial charge in [-0.25, -0.2) is 0 Å². The van der Waals surface area contributed by atoms with Crippen LogP contribution in [0.25, 0.3) is 10.4 Å². The lowest BCUT2D eigenvalue weighted by Gasteiger charge is -2.28. The molecule has 3 unspecified atom stereocenters. The van der Waals surface area contributed by atoms with Gasteiger partial charge in [0.1, 0.15) is 6.04 Å². The molecular formula is C20H25N5O5. The van der Waals surface area contributed by atoms with Crippen molar-refractivity contribution in [3.05, 3.63) is 34.2 Å². The third-order valence-electron chi connectivity index (χ3n) is 5.26. The van der Waals surface area contributed by atoms with E-state index >= 15 is 0 Å². The van der Waals surface area contributed by atoms with Gasteiger partial charge in [-0.05, 0) is 24.8 Å². The standard InChI is InChI=1S/C20H25N5O5/c21-24-22-11-4-2-1-3-5-12-30-15-8-6-7-13-17(15)20(29)25(19(13)28)14-9-10-16(26)23-18(14)27/h6-8,14-15,17H,1-5,9-12H2,(H,23,26,27)/i8D,15D. The molecule has 160 valence electrons. The van der Waals surface area contributed by atoms with E-state index in [0.717, 1.165) is 30.6 Å². The molecule has 0 aromatic carbocycles. The molecule has 2 heterocycles. The van der Waals surface area contributed by atoms with E-state index in [1.807, 2.05) is 0 Å². The highest BCUT2D eigenvalue weighted by molar-refractivity contribution is 6.18. The molecule has 0 saturated carbocycles. The molecule has 30 heavy (non-hydrogen) atoms. The first kappa shape index (κ1) is 19.0. The molecule has 10 nitrogen and oxygen atoms in total. The van der Waals surface area contributed by atoms with Crippen LogP contribution in [0.5, 0.6) is 0 Å². The molecule has 3 aliphatic rings. The third-order valence-corrected chi connectivity index (χ3v) is 5.26. The molecule has 2 aliphatic heterocycles. The van der Waals surface area contributed by atoms with Crippen LogP contribution >= 0.6 is 0 Å². The number of amides is 4. The predicted octanol–water partition coefficient (Wildman–Crippen LogP) is 1.92. The number of fused-ring (bicyclic) bond motifs is 1. The Morgan fingerprint density at radius 1 is 1.27 bits per heavy atom. The molecule has 0 aromatic rings. The molecular weight excluding hydrogens is 390 g/mol. The summed E-state index contributed by atoms with van der Waals surface area (Å²) in [5.74, 6) is -3.98. The Labute approximate surface area is 176 Å². The summed E-state index contributed by atoms with van der Waals surface area (Å²) >= 11 is 0. The maximum absolute atomic E-state index is 13.2. The molecule has 1 N–H and O–H groups in total. The number of ether oxygens (including phenoxy) is 1. The van der Waals surface area contributed by atoms with Crippen LogP contribution in [0.3, 0.4) is 0 Å². The average Bonchev–Trinajstić information content (AvgIpc) is 3.01. The number of imide groups is 2. The zero-order chi connectivity index (χ0) is 23.3. The number of hydrogen-bond donors (Lipinski definition) is 1. The minimum absolute atomic E-state index is 0.00447. The molecule has 4 amide bonds. The smallest absolute Gasteiger partial charge is 0.258 e. The van der Waals surface area contributed by atoms with Crippen LogP contribution < -0.4 is 5.32 Å². The molecule has 0 radical (unpaired) electrons. The van der Waals surface area contributed by atoms with Crippen molar-refractivity contribution < 1.29 is 26.7 Å². The van der Waals surface area contributed by atoms with Crippen LogP contribution in [0.2, 0.25) is 0 Å². The number of rotatable bonds is 10. The molecule has 1 aliphatic carbocycles. The van der Waals surface area contributed by atoms with Gasteiger partial charge in [-0.1, -0.05) is 42.6 Å². The van der Waals surface area contributed by atoms with E-state index in [1.165, 1.54) is 12.2 Å². The van der Waals surface area contributed by atoms with Gasteiger partial charge < -0.3 is 4.74 Å². The van der Waals surface area contributed by atoms with Gasteiger partial charge in [0.05, 0.1) is 14.7 Å². The summed E-state index contributed by atoms with van der Waals surface area (Å²) in [7, 11) is 0. The second-order valence-corrected chi connectivity index (χ2v) is 7.28. The molecule has 0 aromatic heterocycles. The first-order valence-electron chi connectivity index (χ1n) is 11.1. The summed E-state index contributed by atoms with van der Waals surface area (Å²) < 4.78 is 22.6. The van der Waals surface area contributed by atoms with Gasteiger partial charge in [-0.2, -0.15) is 0 Å². The van der Waals surface area contributed by atoms with Crippen molar-refractivity contribution in [3.8, 4) is 0 Å². The van der Waals surface area contributed by atoms with Gasteiger partial charge in [0.25, 0.3) is 5.91 Å². The first-order valence-corrected chi connectivity index (χ1v) is 10.1. The summed E-state index contributed by atoms with van der Waals surface area (Å²) in [5.41, 5.74) is 8.26. The zero-order valence-corrected chi connectivity index (χ0v) is 16.5. The number of likely N-dealkylation sites (tertiary alicyclic amines) is 1.